The topological polar surface area (TPSA) is 13.1 Å². The minimum atomic E-state index is 0.300. The average molecular weight is 576 g/mol. The number of hydrogen-bond acceptors (Lipinski definition) is 1. The van der Waals surface area contributed by atoms with Crippen LogP contribution in [0.4, 0.5) is 11.4 Å². The fourth-order valence-electron chi connectivity index (χ4n) is 7.96. The largest absolute Gasteiger partial charge is 0.311 e. The molecular weight excluding hydrogens is 546 g/mol. The Morgan fingerprint density at radius 3 is 1.78 bits per heavy atom. The van der Waals surface area contributed by atoms with Crippen LogP contribution in [-0.2, 0) is 0 Å². The summed E-state index contributed by atoms with van der Waals surface area (Å²) in [7, 11) is 0. The standard InChI is InChI=1S/C42H29N3/c1-2-13-28(14-3-1)44-38-22-10-6-17-32(38)34-19-12-24-41(42(34)44)45-39-23-11-7-18-33(39)35-27-29(25-26-40(35)45)43-36-20-8-4-15-30(36)31-16-5-9-21-37(31)43/h1-18,20-27,34H,19H2. The van der Waals surface area contributed by atoms with E-state index in [2.05, 4.69) is 172 Å². The van der Waals surface area contributed by atoms with Crippen molar-refractivity contribution in [1.29, 1.82) is 0 Å². The van der Waals surface area contributed by atoms with Crippen LogP contribution in [-0.4, -0.2) is 9.13 Å². The van der Waals surface area contributed by atoms with Gasteiger partial charge >= 0.3 is 0 Å². The van der Waals surface area contributed by atoms with Gasteiger partial charge in [-0.3, -0.25) is 0 Å². The second kappa shape index (κ2) is 9.35. The molecule has 3 heteroatoms. The average Bonchev–Trinajstić information content (AvgIpc) is 3.74. The van der Waals surface area contributed by atoms with E-state index in [1.54, 1.807) is 0 Å². The lowest BCUT2D eigenvalue weighted by atomic mass is 9.90. The molecule has 0 saturated carbocycles. The van der Waals surface area contributed by atoms with Gasteiger partial charge in [0.1, 0.15) is 0 Å². The van der Waals surface area contributed by atoms with Crippen LogP contribution in [0, 0.1) is 0 Å². The first-order valence-electron chi connectivity index (χ1n) is 15.7. The van der Waals surface area contributed by atoms with E-state index in [1.807, 2.05) is 0 Å². The Kier molecular flexibility index (Phi) is 5.11. The van der Waals surface area contributed by atoms with Gasteiger partial charge in [0.05, 0.1) is 33.5 Å². The molecule has 3 nitrogen and oxygen atoms in total. The number of anilines is 2. The molecule has 0 spiro atoms. The van der Waals surface area contributed by atoms with Crippen LogP contribution in [0.5, 0.6) is 0 Å². The normalized spacial score (nSPS) is 15.9. The Labute approximate surface area is 261 Å². The first kappa shape index (κ1) is 24.6. The van der Waals surface area contributed by atoms with Crippen molar-refractivity contribution >= 4 is 60.7 Å². The summed E-state index contributed by atoms with van der Waals surface area (Å²) < 4.78 is 4.92. The summed E-state index contributed by atoms with van der Waals surface area (Å²) in [4.78, 5) is 2.49. The molecule has 6 aromatic carbocycles. The van der Waals surface area contributed by atoms with Crippen molar-refractivity contribution in [2.24, 2.45) is 0 Å². The molecule has 0 fully saturated rings. The minimum Gasteiger partial charge on any atom is -0.311 e. The molecule has 0 bridgehead atoms. The number of rotatable bonds is 3. The Morgan fingerprint density at radius 1 is 0.467 bits per heavy atom. The predicted octanol–water partition coefficient (Wildman–Crippen LogP) is 11.0. The first-order valence-corrected chi connectivity index (χ1v) is 15.7. The lowest BCUT2D eigenvalue weighted by Crippen LogP contribution is -2.19. The fourth-order valence-corrected chi connectivity index (χ4v) is 7.96. The molecule has 1 aliphatic carbocycles. The SMILES string of the molecule is C1=CC(n2c3ccccc3c3cc(-n4c5ccccc5c5ccccc54)ccc32)=C2C(C1)c1ccccc1N2c1ccccc1. The van der Waals surface area contributed by atoms with Gasteiger partial charge < -0.3 is 14.0 Å². The van der Waals surface area contributed by atoms with Crippen LogP contribution in [0.15, 0.2) is 163 Å². The number of allylic oxidation sites excluding steroid dienone is 4. The van der Waals surface area contributed by atoms with Gasteiger partial charge in [0.15, 0.2) is 0 Å². The second-order valence-electron chi connectivity index (χ2n) is 12.1. The van der Waals surface area contributed by atoms with E-state index in [0.717, 1.165) is 6.42 Å². The van der Waals surface area contributed by atoms with Gasteiger partial charge in [0.2, 0.25) is 0 Å². The van der Waals surface area contributed by atoms with Gasteiger partial charge in [-0.1, -0.05) is 97.1 Å². The molecule has 0 amide bonds. The Morgan fingerprint density at radius 2 is 1.04 bits per heavy atom. The van der Waals surface area contributed by atoms with Crippen molar-refractivity contribution in [3.63, 3.8) is 0 Å². The zero-order valence-electron chi connectivity index (χ0n) is 24.6. The number of para-hydroxylation sites is 5. The minimum absolute atomic E-state index is 0.300. The van der Waals surface area contributed by atoms with Crippen LogP contribution >= 0.6 is 0 Å². The highest BCUT2D eigenvalue weighted by atomic mass is 15.2. The summed E-state index contributed by atoms with van der Waals surface area (Å²) in [6.07, 6.45) is 5.70. The highest BCUT2D eigenvalue weighted by molar-refractivity contribution is 6.13. The molecule has 1 atom stereocenters. The van der Waals surface area contributed by atoms with Crippen molar-refractivity contribution in [3.05, 3.63) is 169 Å². The molecule has 3 heterocycles. The van der Waals surface area contributed by atoms with Crippen LogP contribution in [0.1, 0.15) is 17.9 Å². The van der Waals surface area contributed by atoms with E-state index in [0.29, 0.717) is 5.92 Å². The number of aromatic nitrogens is 2. The van der Waals surface area contributed by atoms with Crippen molar-refractivity contribution in [3.8, 4) is 5.69 Å². The number of nitrogens with zero attached hydrogens (tertiary/aromatic N) is 3. The van der Waals surface area contributed by atoms with E-state index in [1.165, 1.54) is 77.6 Å². The Balaban J connectivity index is 1.26. The molecule has 2 aliphatic rings. The van der Waals surface area contributed by atoms with Crippen molar-refractivity contribution in [2.75, 3.05) is 4.90 Å². The molecule has 0 saturated heterocycles. The van der Waals surface area contributed by atoms with Gasteiger partial charge in [0.25, 0.3) is 0 Å². The van der Waals surface area contributed by atoms with Gasteiger partial charge in [-0.15, -0.1) is 0 Å². The molecule has 2 aromatic heterocycles. The maximum atomic E-state index is 2.50. The molecule has 1 aliphatic heterocycles. The van der Waals surface area contributed by atoms with Gasteiger partial charge in [-0.2, -0.15) is 0 Å². The molecule has 1 unspecified atom stereocenters. The van der Waals surface area contributed by atoms with Gasteiger partial charge in [-0.05, 0) is 72.7 Å². The fraction of sp³-hybridized carbons (Fsp3) is 0.0476. The van der Waals surface area contributed by atoms with Crippen molar-refractivity contribution < 1.29 is 0 Å². The smallest absolute Gasteiger partial charge is 0.0664 e. The molecule has 212 valence electrons. The Hall–Kier alpha value is -5.80. The van der Waals surface area contributed by atoms with Crippen LogP contribution in [0.25, 0.3) is 55.0 Å². The van der Waals surface area contributed by atoms with Crippen molar-refractivity contribution in [1.82, 2.24) is 9.13 Å². The van der Waals surface area contributed by atoms with Crippen LogP contribution < -0.4 is 4.90 Å². The summed E-state index contributed by atoms with van der Waals surface area (Å²) >= 11 is 0. The van der Waals surface area contributed by atoms with E-state index in [9.17, 15) is 0 Å². The van der Waals surface area contributed by atoms with E-state index >= 15 is 0 Å². The quantitative estimate of drug-likeness (QED) is 0.204. The Bertz CT molecular complexity index is 2470. The predicted molar refractivity (Wildman–Crippen MR) is 189 cm³/mol. The molecule has 0 radical (unpaired) electrons. The second-order valence-corrected chi connectivity index (χ2v) is 12.1. The van der Waals surface area contributed by atoms with Gasteiger partial charge in [-0.25, -0.2) is 0 Å². The van der Waals surface area contributed by atoms with Gasteiger partial charge in [0, 0.05) is 44.5 Å². The summed E-state index contributed by atoms with van der Waals surface area (Å²) in [5.41, 5.74) is 12.5. The molecule has 0 N–H and O–H groups in total. The van der Waals surface area contributed by atoms with Crippen LogP contribution in [0.3, 0.4) is 0 Å². The molecule has 10 rings (SSSR count). The maximum Gasteiger partial charge on any atom is 0.0664 e. The first-order chi connectivity index (χ1) is 22.4. The van der Waals surface area contributed by atoms with E-state index in [4.69, 9.17) is 0 Å². The summed E-state index contributed by atoms with van der Waals surface area (Å²) in [5.74, 6) is 0.300. The third-order valence-electron chi connectivity index (χ3n) is 9.78. The summed E-state index contributed by atoms with van der Waals surface area (Å²) in [6, 6.07) is 53.1. The number of fused-ring (bicyclic) bond motifs is 9. The third-order valence-corrected chi connectivity index (χ3v) is 9.78. The highest BCUT2D eigenvalue weighted by Crippen LogP contribution is 2.53. The van der Waals surface area contributed by atoms with Crippen LogP contribution in [0.2, 0.25) is 0 Å². The number of hydrogen-bond donors (Lipinski definition) is 0. The molecule has 8 aromatic rings. The monoisotopic (exact) mass is 575 g/mol. The lowest BCUT2D eigenvalue weighted by Gasteiger charge is -2.28. The third kappa shape index (κ3) is 3.41. The van der Waals surface area contributed by atoms with E-state index < -0.39 is 0 Å². The lowest BCUT2D eigenvalue weighted by molar-refractivity contribution is 0.814. The highest BCUT2D eigenvalue weighted by Gasteiger charge is 2.38. The number of benzene rings is 6. The zero-order chi connectivity index (χ0) is 29.5. The zero-order valence-corrected chi connectivity index (χ0v) is 24.6. The summed E-state index contributed by atoms with van der Waals surface area (Å²) in [6.45, 7) is 0. The molecular formula is C42H29N3. The maximum absolute atomic E-state index is 2.50. The molecule has 45 heavy (non-hydrogen) atoms. The van der Waals surface area contributed by atoms with Crippen molar-refractivity contribution in [2.45, 2.75) is 12.3 Å². The van der Waals surface area contributed by atoms with E-state index in [-0.39, 0.29) is 0 Å². The summed E-state index contributed by atoms with van der Waals surface area (Å²) in [5, 5.41) is 5.08.